The lowest BCUT2D eigenvalue weighted by Crippen LogP contribution is -2.47. The first-order valence-electron chi connectivity index (χ1n) is 17.0. The van der Waals surface area contributed by atoms with E-state index >= 15 is 5.21 Å². The molecule has 11 rings (SSSR count). The summed E-state index contributed by atoms with van der Waals surface area (Å²) in [7, 11) is -1.07. The molecule has 50 heavy (non-hydrogen) atoms. The number of rotatable bonds is 3. The Kier molecular flexibility index (Phi) is 5.56. The van der Waals surface area contributed by atoms with Crippen molar-refractivity contribution in [2.75, 3.05) is 0 Å². The van der Waals surface area contributed by atoms with Crippen LogP contribution in [0.25, 0.3) is 11.1 Å². The largest absolute Gasteiger partial charge is 0.616 e. The molecule has 4 nitrogen and oxygen atoms in total. The molecule has 7 aromatic rings. The third-order valence-electron chi connectivity index (χ3n) is 11.2. The van der Waals surface area contributed by atoms with Gasteiger partial charge in [0.15, 0.2) is 11.4 Å². The lowest BCUT2D eigenvalue weighted by Gasteiger charge is -2.50. The van der Waals surface area contributed by atoms with Gasteiger partial charge in [-0.1, -0.05) is 97.1 Å². The van der Waals surface area contributed by atoms with E-state index in [0.717, 1.165) is 61.2 Å². The molecule has 0 spiro atoms. The van der Waals surface area contributed by atoms with Crippen molar-refractivity contribution in [1.82, 2.24) is 4.65 Å². The fraction of sp³-hybridized carbons (Fsp3) is 0.0667. The smallest absolute Gasteiger partial charge is 0.155 e. The zero-order chi connectivity index (χ0) is 33.4. The summed E-state index contributed by atoms with van der Waals surface area (Å²) < 4.78 is 12.6. The van der Waals surface area contributed by atoms with Crippen molar-refractivity contribution in [3.8, 4) is 34.1 Å². The van der Waals surface area contributed by atoms with E-state index in [9.17, 15) is 0 Å². The Bertz CT molecular complexity index is 2480. The second-order valence-electron chi connectivity index (χ2n) is 13.7. The number of ether oxygens (including phenoxy) is 2. The van der Waals surface area contributed by atoms with Crippen molar-refractivity contribution in [3.63, 3.8) is 0 Å². The van der Waals surface area contributed by atoms with Crippen molar-refractivity contribution >= 4 is 40.9 Å². The normalized spacial score (nSPS) is 19.1. The van der Waals surface area contributed by atoms with Crippen molar-refractivity contribution in [2.45, 2.75) is 19.3 Å². The Labute approximate surface area is 291 Å². The molecule has 7 aromatic carbocycles. The minimum atomic E-state index is -1.07. The fourth-order valence-electron chi connectivity index (χ4n) is 9.00. The van der Waals surface area contributed by atoms with Gasteiger partial charge in [0.05, 0.1) is 21.3 Å². The molecule has 0 bridgehead atoms. The third-order valence-corrected chi connectivity index (χ3v) is 13.8. The number of quaternary nitrogens is 1. The molecule has 3 heterocycles. The van der Waals surface area contributed by atoms with Gasteiger partial charge in [-0.05, 0) is 82.6 Å². The maximum Gasteiger partial charge on any atom is 0.155 e. The van der Waals surface area contributed by atoms with Crippen LogP contribution in [0.15, 0.2) is 146 Å². The molecule has 0 radical (unpaired) electrons. The molecule has 0 fully saturated rings. The van der Waals surface area contributed by atoms with Crippen LogP contribution in [0.2, 0.25) is 0 Å². The molecule has 0 aromatic heterocycles. The summed E-state index contributed by atoms with van der Waals surface area (Å²) in [4.78, 5) is 0. The Morgan fingerprint density at radius 1 is 0.520 bits per heavy atom. The van der Waals surface area contributed by atoms with Gasteiger partial charge in [-0.3, -0.25) is 4.65 Å². The van der Waals surface area contributed by atoms with Crippen LogP contribution in [0.5, 0.6) is 23.0 Å². The minimum Gasteiger partial charge on any atom is -0.616 e. The number of hydrogen-bond acceptors (Lipinski definition) is 3. The maximum absolute atomic E-state index is 16.4. The van der Waals surface area contributed by atoms with Crippen molar-refractivity contribution < 1.29 is 9.47 Å². The zero-order valence-corrected chi connectivity index (χ0v) is 28.4. The highest BCUT2D eigenvalue weighted by Crippen LogP contribution is 2.64. The van der Waals surface area contributed by atoms with Gasteiger partial charge in [0.1, 0.15) is 28.7 Å². The molecule has 238 valence electrons. The van der Waals surface area contributed by atoms with Crippen molar-refractivity contribution in [3.05, 3.63) is 184 Å². The van der Waals surface area contributed by atoms with E-state index in [0.29, 0.717) is 17.1 Å². The van der Waals surface area contributed by atoms with Gasteiger partial charge in [-0.15, -0.1) is 0 Å². The highest BCUT2D eigenvalue weighted by molar-refractivity contribution is 7.81. The number of benzene rings is 7. The first-order valence-corrected chi connectivity index (χ1v) is 18.4. The summed E-state index contributed by atoms with van der Waals surface area (Å²) in [5.41, 5.74) is 10.6. The number of nitrogens with zero attached hydrogens (tertiary/aromatic N) is 1. The molecule has 0 saturated carbocycles. The van der Waals surface area contributed by atoms with Crippen LogP contribution >= 0.6 is 7.92 Å². The van der Waals surface area contributed by atoms with E-state index in [1.807, 2.05) is 42.5 Å². The third kappa shape index (κ3) is 3.32. The summed E-state index contributed by atoms with van der Waals surface area (Å²) in [6.45, 7) is 4.15. The van der Waals surface area contributed by atoms with E-state index in [1.54, 1.807) is 0 Å². The van der Waals surface area contributed by atoms with Gasteiger partial charge in [0, 0.05) is 32.2 Å². The van der Waals surface area contributed by atoms with Gasteiger partial charge in [0.25, 0.3) is 0 Å². The Morgan fingerprint density at radius 3 is 1.66 bits per heavy atom. The maximum atomic E-state index is 16.4. The number of hydrogen-bond donors (Lipinski definition) is 0. The molecule has 0 amide bonds. The highest BCUT2D eigenvalue weighted by atomic mass is 31.1. The molecule has 3 aliphatic heterocycles. The van der Waals surface area contributed by atoms with Crippen molar-refractivity contribution in [2.24, 2.45) is 0 Å². The fourth-order valence-corrected chi connectivity index (χ4v) is 12.1. The van der Waals surface area contributed by atoms with Crippen LogP contribution in [0.3, 0.4) is 0 Å². The van der Waals surface area contributed by atoms with Crippen LogP contribution in [0.4, 0.5) is 17.1 Å². The summed E-state index contributed by atoms with van der Waals surface area (Å²) in [6, 6.07) is 50.9. The predicted octanol–water partition coefficient (Wildman–Crippen LogP) is 10.4. The molecular formula is C45H30NO3P. The van der Waals surface area contributed by atoms with Gasteiger partial charge in [-0.2, -0.15) is 0 Å². The van der Waals surface area contributed by atoms with Gasteiger partial charge >= 0.3 is 0 Å². The van der Waals surface area contributed by atoms with Crippen LogP contribution in [0, 0.1) is 19.1 Å². The highest BCUT2D eigenvalue weighted by Gasteiger charge is 2.52. The second-order valence-corrected chi connectivity index (χ2v) is 15.7. The van der Waals surface area contributed by atoms with Gasteiger partial charge in [0.2, 0.25) is 0 Å². The van der Waals surface area contributed by atoms with E-state index in [4.69, 9.17) is 9.47 Å². The van der Waals surface area contributed by atoms with Crippen LogP contribution in [-0.2, 0) is 5.41 Å². The lowest BCUT2D eigenvalue weighted by atomic mass is 9.68. The Balaban J connectivity index is 1.22. The Morgan fingerprint density at radius 2 is 1.06 bits per heavy atom. The standard InChI is InChI=1S/C45H30NO3P/c1-27-20-24-36-42-40(27)48-38-18-11-19-39-44(38)50(42)43-37(25-21-28(2)41(43)49-39)46(36,47)31-22-23-35-33(26-31)32-16-9-10-17-34(32)45(35,29-12-5-3-6-13-29)30-14-7-4-8-15-30/h3-26H,1-2H3. The van der Waals surface area contributed by atoms with Crippen LogP contribution in [-0.4, -0.2) is 0 Å². The summed E-state index contributed by atoms with van der Waals surface area (Å²) in [5.74, 6) is 3.24. The van der Waals surface area contributed by atoms with E-state index < -0.39 is 18.0 Å². The summed E-state index contributed by atoms with van der Waals surface area (Å²) >= 11 is 0. The molecule has 0 unspecified atom stereocenters. The van der Waals surface area contributed by atoms with Crippen LogP contribution < -0.4 is 30.0 Å². The SMILES string of the molecule is Cc1ccc2c3c1Oc1cccc4c1P3c1c(ccc(C)c1O4)[N+]2([O-])c1ccc2c(c1)-c1ccccc1C2(c1ccccc1)c1ccccc1. The molecule has 0 N–H and O–H groups in total. The monoisotopic (exact) mass is 663 g/mol. The quantitative estimate of drug-likeness (QED) is 0.107. The topological polar surface area (TPSA) is 41.5 Å². The van der Waals surface area contributed by atoms with E-state index in [1.165, 1.54) is 22.3 Å². The molecule has 4 aliphatic rings. The van der Waals surface area contributed by atoms with E-state index in [-0.39, 0.29) is 0 Å². The van der Waals surface area contributed by atoms with Crippen LogP contribution in [0.1, 0.15) is 33.4 Å². The molecular weight excluding hydrogens is 633 g/mol. The predicted molar refractivity (Wildman–Crippen MR) is 203 cm³/mol. The van der Waals surface area contributed by atoms with Gasteiger partial charge < -0.3 is 14.7 Å². The van der Waals surface area contributed by atoms with Gasteiger partial charge in [-0.25, -0.2) is 0 Å². The number of aryl methyl sites for hydroxylation is 2. The first kappa shape index (κ1) is 28.3. The molecule has 1 aliphatic carbocycles. The molecule has 5 heteroatoms. The molecule has 0 saturated heterocycles. The van der Waals surface area contributed by atoms with Crippen molar-refractivity contribution in [1.29, 1.82) is 0 Å². The summed E-state index contributed by atoms with van der Waals surface area (Å²) in [5, 5.41) is 19.4. The zero-order valence-electron chi connectivity index (χ0n) is 27.5. The number of fused-ring (bicyclic) bond motifs is 3. The average molecular weight is 664 g/mol. The average Bonchev–Trinajstić information content (AvgIpc) is 3.46. The minimum absolute atomic E-state index is 0.537. The van der Waals surface area contributed by atoms with E-state index in [2.05, 4.69) is 117 Å². The Hall–Kier alpha value is -5.51. The lowest BCUT2D eigenvalue weighted by molar-refractivity contribution is 0.460. The molecule has 0 atom stereocenters. The second kappa shape index (κ2) is 9.80. The first-order chi connectivity index (χ1) is 24.5. The summed E-state index contributed by atoms with van der Waals surface area (Å²) in [6.07, 6.45) is 0.